The Kier molecular flexibility index (Phi) is 4.40. The largest absolute Gasteiger partial charge is 0.377 e. The number of hydrogen-bond donors (Lipinski definition) is 1. The number of benzene rings is 1. The van der Waals surface area contributed by atoms with Gasteiger partial charge in [-0.05, 0) is 38.1 Å². The molecule has 0 radical (unpaired) electrons. The molecule has 1 saturated heterocycles. The first-order chi connectivity index (χ1) is 8.29. The second-order valence-electron chi connectivity index (χ2n) is 4.68. The highest BCUT2D eigenvalue weighted by Gasteiger charge is 2.14. The number of hydrogen-bond acceptors (Lipinski definition) is 3. The van der Waals surface area contributed by atoms with Crippen molar-refractivity contribution < 1.29 is 4.74 Å². The van der Waals surface area contributed by atoms with Crippen molar-refractivity contribution in [3.63, 3.8) is 0 Å². The van der Waals surface area contributed by atoms with E-state index in [4.69, 9.17) is 4.74 Å². The molecule has 1 aliphatic rings. The summed E-state index contributed by atoms with van der Waals surface area (Å²) >= 11 is 0. The fraction of sp³-hybridized carbons (Fsp3) is 0.571. The van der Waals surface area contributed by atoms with E-state index in [0.29, 0.717) is 6.10 Å². The predicted octanol–water partition coefficient (Wildman–Crippen LogP) is 2.02. The van der Waals surface area contributed by atoms with E-state index in [2.05, 4.69) is 41.4 Å². The highest BCUT2D eigenvalue weighted by atomic mass is 16.5. The molecule has 2 rings (SSSR count). The molecule has 1 aliphatic heterocycles. The maximum absolute atomic E-state index is 5.67. The van der Waals surface area contributed by atoms with Crippen molar-refractivity contribution in [2.24, 2.45) is 0 Å². The zero-order valence-electron chi connectivity index (χ0n) is 10.8. The van der Waals surface area contributed by atoms with E-state index in [-0.39, 0.29) is 0 Å². The van der Waals surface area contributed by atoms with Gasteiger partial charge in [0.2, 0.25) is 0 Å². The third-order valence-corrected chi connectivity index (χ3v) is 3.13. The topological polar surface area (TPSA) is 24.5 Å². The van der Waals surface area contributed by atoms with Gasteiger partial charge >= 0.3 is 0 Å². The van der Waals surface area contributed by atoms with Gasteiger partial charge in [-0.2, -0.15) is 0 Å². The maximum atomic E-state index is 5.67. The van der Waals surface area contributed by atoms with Gasteiger partial charge in [-0.15, -0.1) is 0 Å². The Hall–Kier alpha value is -1.06. The Morgan fingerprint density at radius 2 is 2.12 bits per heavy atom. The molecule has 17 heavy (non-hydrogen) atoms. The number of ether oxygens (including phenoxy) is 1. The molecule has 1 heterocycles. The molecule has 1 fully saturated rings. The van der Waals surface area contributed by atoms with Crippen LogP contribution in [-0.4, -0.2) is 32.8 Å². The van der Waals surface area contributed by atoms with Crippen LogP contribution in [0.2, 0.25) is 0 Å². The van der Waals surface area contributed by atoms with Gasteiger partial charge < -0.3 is 15.0 Å². The van der Waals surface area contributed by atoms with Crippen molar-refractivity contribution in [1.82, 2.24) is 5.32 Å². The van der Waals surface area contributed by atoms with E-state index in [1.165, 1.54) is 11.3 Å². The van der Waals surface area contributed by atoms with E-state index in [0.717, 1.165) is 32.7 Å². The number of anilines is 1. The lowest BCUT2D eigenvalue weighted by Gasteiger charge is -2.24. The molecule has 0 spiro atoms. The zero-order chi connectivity index (χ0) is 12.1. The Bertz CT molecular complexity index is 337. The van der Waals surface area contributed by atoms with Crippen molar-refractivity contribution >= 4 is 5.69 Å². The molecule has 0 aromatic heterocycles. The molecule has 3 nitrogen and oxygen atoms in total. The summed E-state index contributed by atoms with van der Waals surface area (Å²) < 4.78 is 5.67. The van der Waals surface area contributed by atoms with Crippen LogP contribution >= 0.6 is 0 Å². The SMILES string of the molecule is CNCc1ccc(N2CCCOC(C)C2)cc1. The normalized spacial score (nSPS) is 21.3. The lowest BCUT2D eigenvalue weighted by atomic mass is 10.2. The number of nitrogens with zero attached hydrogens (tertiary/aromatic N) is 1. The minimum atomic E-state index is 0.328. The van der Waals surface area contributed by atoms with Gasteiger partial charge in [0.1, 0.15) is 0 Å². The predicted molar refractivity (Wildman–Crippen MR) is 71.4 cm³/mol. The third-order valence-electron chi connectivity index (χ3n) is 3.13. The van der Waals surface area contributed by atoms with E-state index < -0.39 is 0 Å². The third kappa shape index (κ3) is 3.45. The van der Waals surface area contributed by atoms with Gasteiger partial charge in [-0.1, -0.05) is 12.1 Å². The van der Waals surface area contributed by atoms with Crippen molar-refractivity contribution in [2.75, 3.05) is 31.6 Å². The molecule has 0 bridgehead atoms. The standard InChI is InChI=1S/C14H22N2O/c1-12-11-16(8-3-9-17-12)14-6-4-13(5-7-14)10-15-2/h4-7,12,15H,3,8-11H2,1-2H3. The summed E-state index contributed by atoms with van der Waals surface area (Å²) in [5.41, 5.74) is 2.64. The Morgan fingerprint density at radius 3 is 2.82 bits per heavy atom. The van der Waals surface area contributed by atoms with E-state index in [1.54, 1.807) is 0 Å². The molecular formula is C14H22N2O. The van der Waals surface area contributed by atoms with E-state index in [1.807, 2.05) is 7.05 Å². The molecule has 1 aromatic carbocycles. The molecule has 94 valence electrons. The van der Waals surface area contributed by atoms with Crippen LogP contribution in [0.5, 0.6) is 0 Å². The van der Waals surface area contributed by atoms with Crippen LogP contribution in [0.1, 0.15) is 18.9 Å². The highest BCUT2D eigenvalue weighted by molar-refractivity contribution is 5.47. The Labute approximate surface area is 104 Å². The Morgan fingerprint density at radius 1 is 1.35 bits per heavy atom. The number of nitrogens with one attached hydrogen (secondary N) is 1. The van der Waals surface area contributed by atoms with Gasteiger partial charge in [0.15, 0.2) is 0 Å². The molecule has 1 atom stereocenters. The number of rotatable bonds is 3. The fourth-order valence-electron chi connectivity index (χ4n) is 2.26. The van der Waals surface area contributed by atoms with E-state index in [9.17, 15) is 0 Å². The van der Waals surface area contributed by atoms with Gasteiger partial charge in [0, 0.05) is 31.9 Å². The summed E-state index contributed by atoms with van der Waals surface area (Å²) in [5.74, 6) is 0. The first-order valence-electron chi connectivity index (χ1n) is 6.39. The first-order valence-corrected chi connectivity index (χ1v) is 6.39. The van der Waals surface area contributed by atoms with Crippen molar-refractivity contribution in [3.05, 3.63) is 29.8 Å². The second-order valence-corrected chi connectivity index (χ2v) is 4.68. The van der Waals surface area contributed by atoms with Crippen molar-refractivity contribution in [3.8, 4) is 0 Å². The summed E-state index contributed by atoms with van der Waals surface area (Å²) in [6.45, 7) is 6.05. The van der Waals surface area contributed by atoms with Crippen molar-refractivity contribution in [2.45, 2.75) is 26.0 Å². The van der Waals surface area contributed by atoms with Crippen LogP contribution in [-0.2, 0) is 11.3 Å². The van der Waals surface area contributed by atoms with Crippen LogP contribution in [0.4, 0.5) is 5.69 Å². The lowest BCUT2D eigenvalue weighted by Crippen LogP contribution is -2.30. The monoisotopic (exact) mass is 234 g/mol. The minimum absolute atomic E-state index is 0.328. The molecule has 0 aliphatic carbocycles. The smallest absolute Gasteiger partial charge is 0.0721 e. The average molecular weight is 234 g/mol. The summed E-state index contributed by atoms with van der Waals surface area (Å²) in [7, 11) is 1.97. The molecule has 3 heteroatoms. The van der Waals surface area contributed by atoms with Crippen LogP contribution < -0.4 is 10.2 Å². The van der Waals surface area contributed by atoms with Crippen LogP contribution in [0, 0.1) is 0 Å². The Balaban J connectivity index is 2.04. The lowest BCUT2D eigenvalue weighted by molar-refractivity contribution is 0.0821. The summed E-state index contributed by atoms with van der Waals surface area (Å²) in [5, 5.41) is 3.17. The summed E-state index contributed by atoms with van der Waals surface area (Å²) in [6, 6.07) is 8.82. The van der Waals surface area contributed by atoms with Crippen molar-refractivity contribution in [1.29, 1.82) is 0 Å². The van der Waals surface area contributed by atoms with Gasteiger partial charge in [-0.3, -0.25) is 0 Å². The molecule has 1 aromatic rings. The first kappa shape index (κ1) is 12.4. The highest BCUT2D eigenvalue weighted by Crippen LogP contribution is 2.18. The molecule has 0 amide bonds. The van der Waals surface area contributed by atoms with Gasteiger partial charge in [0.05, 0.1) is 6.10 Å². The maximum Gasteiger partial charge on any atom is 0.0721 e. The van der Waals surface area contributed by atoms with Gasteiger partial charge in [-0.25, -0.2) is 0 Å². The quantitative estimate of drug-likeness (QED) is 0.866. The van der Waals surface area contributed by atoms with Crippen LogP contribution in [0.15, 0.2) is 24.3 Å². The van der Waals surface area contributed by atoms with Crippen LogP contribution in [0.3, 0.4) is 0 Å². The fourth-order valence-corrected chi connectivity index (χ4v) is 2.26. The molecular weight excluding hydrogens is 212 g/mol. The average Bonchev–Trinajstić information content (AvgIpc) is 2.55. The second kappa shape index (κ2) is 6.03. The summed E-state index contributed by atoms with van der Waals surface area (Å²) in [4.78, 5) is 2.42. The zero-order valence-corrected chi connectivity index (χ0v) is 10.8. The molecule has 1 N–H and O–H groups in total. The minimum Gasteiger partial charge on any atom is -0.377 e. The van der Waals surface area contributed by atoms with Crippen LogP contribution in [0.25, 0.3) is 0 Å². The van der Waals surface area contributed by atoms with E-state index >= 15 is 0 Å². The van der Waals surface area contributed by atoms with Gasteiger partial charge in [0.25, 0.3) is 0 Å². The molecule has 0 saturated carbocycles. The molecule has 1 unspecified atom stereocenters. The summed E-state index contributed by atoms with van der Waals surface area (Å²) in [6.07, 6.45) is 1.44.